The van der Waals surface area contributed by atoms with E-state index in [1.54, 1.807) is 6.33 Å². The van der Waals surface area contributed by atoms with Crippen molar-refractivity contribution in [3.8, 4) is 0 Å². The van der Waals surface area contributed by atoms with E-state index in [2.05, 4.69) is 39.7 Å². The molecule has 2 saturated heterocycles. The Labute approximate surface area is 162 Å². The van der Waals surface area contributed by atoms with Crippen LogP contribution in [-0.2, 0) is 4.74 Å². The number of rotatable bonds is 2. The van der Waals surface area contributed by atoms with Crippen LogP contribution in [0, 0.1) is 5.92 Å². The van der Waals surface area contributed by atoms with E-state index < -0.39 is 5.60 Å². The summed E-state index contributed by atoms with van der Waals surface area (Å²) in [6.07, 6.45) is 3.93. The van der Waals surface area contributed by atoms with Gasteiger partial charge in [-0.3, -0.25) is 0 Å². The number of nitrogens with zero attached hydrogens (tertiary/aromatic N) is 5. The number of carbonyl (C=O) groups is 1. The fraction of sp³-hybridized carbons (Fsp3) is 0.750. The first-order valence-electron chi connectivity index (χ1n) is 10.0. The fourth-order valence-electron chi connectivity index (χ4n) is 3.84. The van der Waals surface area contributed by atoms with Crippen LogP contribution in [0.4, 0.5) is 16.4 Å². The van der Waals surface area contributed by atoms with Gasteiger partial charge in [-0.2, -0.15) is 0 Å². The van der Waals surface area contributed by atoms with Crippen molar-refractivity contribution in [1.82, 2.24) is 14.9 Å². The van der Waals surface area contributed by atoms with Gasteiger partial charge in [0, 0.05) is 44.8 Å². The zero-order chi connectivity index (χ0) is 19.6. The van der Waals surface area contributed by atoms with E-state index in [9.17, 15) is 4.79 Å². The minimum atomic E-state index is -0.471. The molecule has 2 fully saturated rings. The predicted molar refractivity (Wildman–Crippen MR) is 107 cm³/mol. The van der Waals surface area contributed by atoms with E-state index in [4.69, 9.17) is 4.74 Å². The van der Waals surface area contributed by atoms with Crippen molar-refractivity contribution in [2.24, 2.45) is 5.92 Å². The number of amides is 1. The van der Waals surface area contributed by atoms with E-state index in [1.807, 2.05) is 25.7 Å². The van der Waals surface area contributed by atoms with Gasteiger partial charge in [0.15, 0.2) is 0 Å². The van der Waals surface area contributed by atoms with E-state index in [-0.39, 0.29) is 12.1 Å². The van der Waals surface area contributed by atoms with Gasteiger partial charge in [-0.05, 0) is 46.5 Å². The highest BCUT2D eigenvalue weighted by Gasteiger charge is 2.31. The van der Waals surface area contributed by atoms with E-state index in [1.165, 1.54) is 12.8 Å². The van der Waals surface area contributed by atoms with Crippen LogP contribution in [-0.4, -0.2) is 65.3 Å². The molecule has 0 aromatic carbocycles. The molecule has 7 heteroatoms. The molecule has 3 heterocycles. The van der Waals surface area contributed by atoms with Crippen molar-refractivity contribution < 1.29 is 9.53 Å². The molecule has 0 saturated carbocycles. The number of anilines is 2. The molecule has 3 rings (SSSR count). The summed E-state index contributed by atoms with van der Waals surface area (Å²) in [4.78, 5) is 27.8. The average molecular weight is 376 g/mol. The smallest absolute Gasteiger partial charge is 0.410 e. The van der Waals surface area contributed by atoms with Crippen LogP contribution in [0.3, 0.4) is 0 Å². The Hall–Kier alpha value is -2.05. The lowest BCUT2D eigenvalue weighted by molar-refractivity contribution is 0.0158. The Morgan fingerprint density at radius 3 is 2.33 bits per heavy atom. The quantitative estimate of drug-likeness (QED) is 0.791. The molecule has 2 atom stereocenters. The maximum absolute atomic E-state index is 12.4. The molecular formula is C20H33N5O2. The van der Waals surface area contributed by atoms with Crippen LogP contribution < -0.4 is 9.80 Å². The van der Waals surface area contributed by atoms with E-state index in [0.29, 0.717) is 12.5 Å². The summed E-state index contributed by atoms with van der Waals surface area (Å²) in [7, 11) is 0. The maximum atomic E-state index is 12.4. The molecule has 0 radical (unpaired) electrons. The van der Waals surface area contributed by atoms with Crippen LogP contribution in [0.25, 0.3) is 0 Å². The molecular weight excluding hydrogens is 342 g/mol. The molecule has 0 spiro atoms. The first-order valence-corrected chi connectivity index (χ1v) is 10.0. The average Bonchev–Trinajstić information content (AvgIpc) is 2.60. The van der Waals surface area contributed by atoms with E-state index in [0.717, 1.165) is 37.8 Å². The van der Waals surface area contributed by atoms with Crippen molar-refractivity contribution in [2.45, 2.75) is 59.1 Å². The lowest BCUT2D eigenvalue weighted by Gasteiger charge is -2.41. The topological polar surface area (TPSA) is 61.8 Å². The normalized spacial score (nSPS) is 24.1. The van der Waals surface area contributed by atoms with Crippen LogP contribution >= 0.6 is 0 Å². The van der Waals surface area contributed by atoms with Crippen LogP contribution in [0.15, 0.2) is 12.4 Å². The number of ether oxygens (including phenoxy) is 1. The molecule has 2 aliphatic rings. The Morgan fingerprint density at radius 2 is 1.74 bits per heavy atom. The van der Waals surface area contributed by atoms with Gasteiger partial charge in [-0.15, -0.1) is 0 Å². The largest absolute Gasteiger partial charge is 0.444 e. The third kappa shape index (κ3) is 5.02. The molecule has 27 heavy (non-hydrogen) atoms. The van der Waals surface area contributed by atoms with Gasteiger partial charge in [-0.1, -0.05) is 6.92 Å². The first-order chi connectivity index (χ1) is 12.7. The van der Waals surface area contributed by atoms with Gasteiger partial charge < -0.3 is 19.4 Å². The Morgan fingerprint density at radius 1 is 1.07 bits per heavy atom. The van der Waals surface area contributed by atoms with Gasteiger partial charge in [0.1, 0.15) is 23.6 Å². The SMILES string of the molecule is CC1CCCN(c2cc(N3CCN(C(=O)OC(C)(C)C)[C@H](C)C3)ncn2)C1. The zero-order valence-corrected chi connectivity index (χ0v) is 17.3. The second kappa shape index (κ2) is 7.90. The maximum Gasteiger partial charge on any atom is 0.410 e. The molecule has 1 unspecified atom stereocenters. The standard InChI is InChI=1S/C20H33N5O2/c1-15-7-6-8-23(12-15)17-11-18(22-14-21-17)24-9-10-25(16(2)13-24)19(26)27-20(3,4)5/h11,14-16H,6-10,12-13H2,1-5H3/t15?,16-/m1/s1. The minimum Gasteiger partial charge on any atom is -0.444 e. The number of piperazine rings is 1. The number of piperidine rings is 1. The molecule has 2 aliphatic heterocycles. The monoisotopic (exact) mass is 375 g/mol. The van der Waals surface area contributed by atoms with Crippen molar-refractivity contribution in [3.05, 3.63) is 12.4 Å². The molecule has 1 aromatic heterocycles. The van der Waals surface area contributed by atoms with Crippen molar-refractivity contribution in [2.75, 3.05) is 42.5 Å². The number of aromatic nitrogens is 2. The molecule has 0 N–H and O–H groups in total. The summed E-state index contributed by atoms with van der Waals surface area (Å²) >= 11 is 0. The van der Waals surface area contributed by atoms with Crippen LogP contribution in [0.1, 0.15) is 47.5 Å². The first kappa shape index (κ1) is 19.7. The summed E-state index contributed by atoms with van der Waals surface area (Å²) in [5.74, 6) is 2.65. The highest BCUT2D eigenvalue weighted by Crippen LogP contribution is 2.25. The summed E-state index contributed by atoms with van der Waals surface area (Å²) in [5, 5.41) is 0. The lowest BCUT2D eigenvalue weighted by atomic mass is 10.0. The number of hydrogen-bond acceptors (Lipinski definition) is 6. The van der Waals surface area contributed by atoms with Gasteiger partial charge in [-0.25, -0.2) is 14.8 Å². The fourth-order valence-corrected chi connectivity index (χ4v) is 3.84. The summed E-state index contributed by atoms with van der Waals surface area (Å²) in [6, 6.07) is 2.16. The lowest BCUT2D eigenvalue weighted by Crippen LogP contribution is -2.55. The van der Waals surface area contributed by atoms with Gasteiger partial charge >= 0.3 is 6.09 Å². The Balaban J connectivity index is 1.65. The summed E-state index contributed by atoms with van der Waals surface area (Å²) in [6.45, 7) is 14.3. The molecule has 1 aromatic rings. The Bertz CT molecular complexity index is 660. The summed E-state index contributed by atoms with van der Waals surface area (Å²) < 4.78 is 5.53. The zero-order valence-electron chi connectivity index (χ0n) is 17.3. The second-order valence-electron chi connectivity index (χ2n) is 8.90. The summed E-state index contributed by atoms with van der Waals surface area (Å²) in [5.41, 5.74) is -0.471. The highest BCUT2D eigenvalue weighted by atomic mass is 16.6. The highest BCUT2D eigenvalue weighted by molar-refractivity contribution is 5.69. The van der Waals surface area contributed by atoms with Gasteiger partial charge in [0.05, 0.1) is 0 Å². The van der Waals surface area contributed by atoms with Gasteiger partial charge in [0.2, 0.25) is 0 Å². The Kier molecular flexibility index (Phi) is 5.77. The molecule has 1 amide bonds. The molecule has 150 valence electrons. The molecule has 7 nitrogen and oxygen atoms in total. The second-order valence-corrected chi connectivity index (χ2v) is 8.90. The minimum absolute atomic E-state index is 0.0713. The van der Waals surface area contributed by atoms with Crippen LogP contribution in [0.2, 0.25) is 0 Å². The third-order valence-electron chi connectivity index (χ3n) is 5.20. The third-order valence-corrected chi connectivity index (χ3v) is 5.20. The predicted octanol–water partition coefficient (Wildman–Crippen LogP) is 3.16. The molecule has 0 bridgehead atoms. The van der Waals surface area contributed by atoms with Crippen molar-refractivity contribution in [1.29, 1.82) is 0 Å². The van der Waals surface area contributed by atoms with Crippen molar-refractivity contribution >= 4 is 17.7 Å². The number of hydrogen-bond donors (Lipinski definition) is 0. The van der Waals surface area contributed by atoms with Crippen molar-refractivity contribution in [3.63, 3.8) is 0 Å². The number of carbonyl (C=O) groups excluding carboxylic acids is 1. The van der Waals surface area contributed by atoms with Crippen LogP contribution in [0.5, 0.6) is 0 Å². The van der Waals surface area contributed by atoms with E-state index >= 15 is 0 Å². The van der Waals surface area contributed by atoms with Gasteiger partial charge in [0.25, 0.3) is 0 Å². The molecule has 0 aliphatic carbocycles.